The van der Waals surface area contributed by atoms with Crippen LogP contribution in [0.5, 0.6) is 11.5 Å². The first-order valence-corrected chi connectivity index (χ1v) is 6.89. The van der Waals surface area contributed by atoms with Gasteiger partial charge in [0.2, 0.25) is 0 Å². The zero-order valence-electron chi connectivity index (χ0n) is 11.6. The second-order valence-corrected chi connectivity index (χ2v) is 5.23. The highest BCUT2D eigenvalue weighted by atomic mass is 35.5. The van der Waals surface area contributed by atoms with Crippen LogP contribution in [-0.4, -0.2) is 20.3 Å². The van der Waals surface area contributed by atoms with Crippen LogP contribution in [-0.2, 0) is 11.4 Å². The number of ether oxygens (including phenoxy) is 2. The molecule has 2 rings (SSSR count). The average molecular weight is 286 g/mol. The number of hydrogen-bond acceptors (Lipinski definition) is 4. The van der Waals surface area contributed by atoms with Crippen LogP contribution in [0.1, 0.15) is 37.3 Å². The number of halogens is 1. The summed E-state index contributed by atoms with van der Waals surface area (Å²) in [7, 11) is 1.60. The lowest BCUT2D eigenvalue weighted by molar-refractivity contribution is 0.0864. The predicted octanol–water partition coefficient (Wildman–Crippen LogP) is 3.28. The van der Waals surface area contributed by atoms with E-state index in [9.17, 15) is 0 Å². The molecule has 0 fully saturated rings. The maximum absolute atomic E-state index is 6.30. The third-order valence-electron chi connectivity index (χ3n) is 3.08. The summed E-state index contributed by atoms with van der Waals surface area (Å²) in [5.74, 6) is 1.78. The molecule has 19 heavy (non-hydrogen) atoms. The Morgan fingerprint density at radius 1 is 1.32 bits per heavy atom. The Labute approximate surface area is 118 Å². The van der Waals surface area contributed by atoms with Gasteiger partial charge in [0.1, 0.15) is 0 Å². The smallest absolute Gasteiger partial charge is 0.180 e. The maximum Gasteiger partial charge on any atom is 0.180 e. The molecule has 0 aliphatic carbocycles. The van der Waals surface area contributed by atoms with Crippen molar-refractivity contribution in [3.63, 3.8) is 0 Å². The number of nitrogens with one attached hydrogen (secondary N) is 1. The van der Waals surface area contributed by atoms with Gasteiger partial charge in [-0.2, -0.15) is 5.48 Å². The molecule has 0 saturated heterocycles. The molecule has 0 radical (unpaired) electrons. The van der Waals surface area contributed by atoms with E-state index in [-0.39, 0.29) is 0 Å². The second-order valence-electron chi connectivity index (χ2n) is 4.82. The third kappa shape index (κ3) is 3.14. The molecule has 1 heterocycles. The summed E-state index contributed by atoms with van der Waals surface area (Å²) in [4.78, 5) is 4.92. The van der Waals surface area contributed by atoms with E-state index < -0.39 is 0 Å². The summed E-state index contributed by atoms with van der Waals surface area (Å²) in [5, 5.41) is 0.592. The summed E-state index contributed by atoms with van der Waals surface area (Å²) < 4.78 is 11.6. The van der Waals surface area contributed by atoms with E-state index in [2.05, 4.69) is 19.3 Å². The molecular weight excluding hydrogens is 266 g/mol. The zero-order valence-corrected chi connectivity index (χ0v) is 12.3. The third-order valence-corrected chi connectivity index (χ3v) is 3.36. The molecule has 1 aliphatic heterocycles. The summed E-state index contributed by atoms with van der Waals surface area (Å²) >= 11 is 6.30. The average Bonchev–Trinajstić information content (AvgIpc) is 2.61. The number of benzene rings is 1. The van der Waals surface area contributed by atoms with E-state index in [1.54, 1.807) is 7.11 Å². The first-order chi connectivity index (χ1) is 9.15. The van der Waals surface area contributed by atoms with E-state index in [0.717, 1.165) is 23.3 Å². The summed E-state index contributed by atoms with van der Waals surface area (Å²) in [6.07, 6.45) is 0.869. The van der Waals surface area contributed by atoms with Crippen LogP contribution in [0, 0.1) is 0 Å². The minimum Gasteiger partial charge on any atom is -0.489 e. The predicted molar refractivity (Wildman–Crippen MR) is 75.0 cm³/mol. The molecule has 5 heteroatoms. The van der Waals surface area contributed by atoms with Crippen LogP contribution < -0.4 is 15.0 Å². The van der Waals surface area contributed by atoms with Gasteiger partial charge in [0.05, 0.1) is 25.3 Å². The van der Waals surface area contributed by atoms with E-state index in [1.807, 2.05) is 6.07 Å². The van der Waals surface area contributed by atoms with Crippen LogP contribution in [0.4, 0.5) is 0 Å². The van der Waals surface area contributed by atoms with Gasteiger partial charge in [-0.15, -0.1) is 0 Å². The van der Waals surface area contributed by atoms with Crippen molar-refractivity contribution in [1.82, 2.24) is 5.48 Å². The lowest BCUT2D eigenvalue weighted by Crippen LogP contribution is -2.14. The Morgan fingerprint density at radius 2 is 2.00 bits per heavy atom. The topological polar surface area (TPSA) is 39.7 Å². The fraction of sp³-hybridized carbons (Fsp3) is 0.571. The largest absolute Gasteiger partial charge is 0.489 e. The monoisotopic (exact) mass is 285 g/mol. The second kappa shape index (κ2) is 6.46. The van der Waals surface area contributed by atoms with E-state index in [1.165, 1.54) is 0 Å². The van der Waals surface area contributed by atoms with Crippen molar-refractivity contribution in [1.29, 1.82) is 0 Å². The summed E-state index contributed by atoms with van der Waals surface area (Å²) in [6.45, 7) is 6.15. The van der Waals surface area contributed by atoms with Crippen LogP contribution >= 0.6 is 11.6 Å². The normalized spacial score (nSPS) is 14.6. The van der Waals surface area contributed by atoms with Crippen molar-refractivity contribution >= 4 is 11.6 Å². The van der Waals surface area contributed by atoms with Gasteiger partial charge in [0, 0.05) is 18.5 Å². The number of hydroxylamine groups is 1. The zero-order chi connectivity index (χ0) is 13.8. The Bertz CT molecular complexity index is 449. The lowest BCUT2D eigenvalue weighted by Gasteiger charge is -2.20. The minimum absolute atomic E-state index is 0.321. The Kier molecular flexibility index (Phi) is 4.91. The first kappa shape index (κ1) is 14.4. The molecule has 1 aromatic rings. The quantitative estimate of drug-likeness (QED) is 0.862. The van der Waals surface area contributed by atoms with Gasteiger partial charge in [-0.1, -0.05) is 25.4 Å². The standard InChI is InChI=1S/C14H20ClNO3/c1-9(2)12-10(8-16-17-3)7-11(15)13-14(12)19-6-4-5-18-13/h7,9,16H,4-6,8H2,1-3H3. The fourth-order valence-electron chi connectivity index (χ4n) is 2.29. The molecule has 0 aromatic heterocycles. The van der Waals surface area contributed by atoms with Gasteiger partial charge >= 0.3 is 0 Å². The number of fused-ring (bicyclic) bond motifs is 1. The lowest BCUT2D eigenvalue weighted by atomic mass is 9.95. The molecule has 1 N–H and O–H groups in total. The minimum atomic E-state index is 0.321. The molecule has 0 spiro atoms. The van der Waals surface area contributed by atoms with Crippen molar-refractivity contribution in [3.8, 4) is 11.5 Å². The van der Waals surface area contributed by atoms with Gasteiger partial charge in [-0.25, -0.2) is 0 Å². The summed E-state index contributed by atoms with van der Waals surface area (Å²) in [6, 6.07) is 1.93. The Balaban J connectivity index is 2.50. The Morgan fingerprint density at radius 3 is 2.63 bits per heavy atom. The molecule has 0 bridgehead atoms. The number of hydrogen-bond donors (Lipinski definition) is 1. The molecule has 0 saturated carbocycles. The summed E-state index contributed by atoms with van der Waals surface area (Å²) in [5.41, 5.74) is 5.06. The maximum atomic E-state index is 6.30. The molecule has 1 aromatic carbocycles. The molecule has 106 valence electrons. The van der Waals surface area contributed by atoms with Crippen molar-refractivity contribution in [2.24, 2.45) is 0 Å². The SMILES string of the molecule is CONCc1cc(Cl)c2c(c1C(C)C)OCCCO2. The molecular formula is C14H20ClNO3. The van der Waals surface area contributed by atoms with E-state index >= 15 is 0 Å². The van der Waals surface area contributed by atoms with Crippen LogP contribution in [0.25, 0.3) is 0 Å². The van der Waals surface area contributed by atoms with Gasteiger partial charge < -0.3 is 14.3 Å². The Hall–Kier alpha value is -0.970. The van der Waals surface area contributed by atoms with Gasteiger partial charge in [-0.3, -0.25) is 0 Å². The van der Waals surface area contributed by atoms with Crippen molar-refractivity contribution in [2.45, 2.75) is 32.7 Å². The highest BCUT2D eigenvalue weighted by molar-refractivity contribution is 6.32. The van der Waals surface area contributed by atoms with E-state index in [4.69, 9.17) is 25.9 Å². The molecule has 1 aliphatic rings. The molecule has 0 amide bonds. The van der Waals surface area contributed by atoms with Crippen LogP contribution in [0.15, 0.2) is 6.07 Å². The van der Waals surface area contributed by atoms with Crippen molar-refractivity contribution in [2.75, 3.05) is 20.3 Å². The molecule has 0 atom stereocenters. The van der Waals surface area contributed by atoms with Crippen molar-refractivity contribution in [3.05, 3.63) is 22.2 Å². The van der Waals surface area contributed by atoms with Gasteiger partial charge in [-0.05, 0) is 17.5 Å². The first-order valence-electron chi connectivity index (χ1n) is 6.51. The highest BCUT2D eigenvalue weighted by Gasteiger charge is 2.23. The number of rotatable bonds is 4. The highest BCUT2D eigenvalue weighted by Crippen LogP contribution is 2.44. The van der Waals surface area contributed by atoms with Gasteiger partial charge in [0.15, 0.2) is 11.5 Å². The molecule has 0 unspecified atom stereocenters. The van der Waals surface area contributed by atoms with Crippen LogP contribution in [0.3, 0.4) is 0 Å². The van der Waals surface area contributed by atoms with Crippen LogP contribution in [0.2, 0.25) is 5.02 Å². The van der Waals surface area contributed by atoms with E-state index in [0.29, 0.717) is 36.4 Å². The van der Waals surface area contributed by atoms with Gasteiger partial charge in [0.25, 0.3) is 0 Å². The molecule has 4 nitrogen and oxygen atoms in total. The van der Waals surface area contributed by atoms with Crippen molar-refractivity contribution < 1.29 is 14.3 Å². The fourth-order valence-corrected chi connectivity index (χ4v) is 2.56.